The van der Waals surface area contributed by atoms with Crippen molar-refractivity contribution in [2.45, 2.75) is 12.8 Å². The van der Waals surface area contributed by atoms with Crippen LogP contribution in [0.15, 0.2) is 0 Å². The molecule has 0 fully saturated rings. The Morgan fingerprint density at radius 1 is 1.18 bits per heavy atom. The Labute approximate surface area is 98.4 Å². The molecule has 0 unspecified atom stereocenters. The molecule has 7 heteroatoms. The number of carbonyl (C=O) groups is 3. The zero-order chi connectivity index (χ0) is 13.3. The van der Waals surface area contributed by atoms with Gasteiger partial charge >= 0.3 is 18.0 Å². The number of carbonyl (C=O) groups excluding carboxylic acids is 1. The summed E-state index contributed by atoms with van der Waals surface area (Å²) in [7, 11) is 0. The molecule has 0 radical (unpaired) electrons. The molecule has 0 saturated heterocycles. The van der Waals surface area contributed by atoms with Crippen LogP contribution in [0.3, 0.4) is 0 Å². The first-order chi connectivity index (χ1) is 7.97. The fourth-order valence-electron chi connectivity index (χ4n) is 1.02. The lowest BCUT2D eigenvalue weighted by Crippen LogP contribution is -2.45. The molecular formula is C10H14N2O5. The number of nitrogens with zero attached hydrogens (tertiary/aromatic N) is 1. The molecule has 2 amide bonds. The molecule has 0 rings (SSSR count). The summed E-state index contributed by atoms with van der Waals surface area (Å²) in [5.41, 5.74) is 0. The van der Waals surface area contributed by atoms with Crippen LogP contribution in [0.2, 0.25) is 0 Å². The molecule has 0 aliphatic carbocycles. The summed E-state index contributed by atoms with van der Waals surface area (Å²) in [6.45, 7) is -1.04. The van der Waals surface area contributed by atoms with Crippen LogP contribution in [0, 0.1) is 12.3 Å². The summed E-state index contributed by atoms with van der Waals surface area (Å²) in [5, 5.41) is 19.4. The number of rotatable bonds is 7. The summed E-state index contributed by atoms with van der Waals surface area (Å²) in [5.74, 6) is -0.164. The number of unbranched alkanes of at least 4 members (excludes halogenated alkanes) is 1. The number of hydrogen-bond donors (Lipinski definition) is 3. The van der Waals surface area contributed by atoms with Gasteiger partial charge in [0.1, 0.15) is 13.1 Å². The standard InChI is InChI=1S/C10H14N2O5/c1-2-3-4-5-11-10(17)12(6-8(13)14)7-9(15)16/h1H,3-7H2,(H,11,17)(H,13,14)(H,15,16). The number of amides is 2. The molecule has 0 aliphatic heterocycles. The van der Waals surface area contributed by atoms with Crippen LogP contribution in [-0.2, 0) is 9.59 Å². The van der Waals surface area contributed by atoms with Gasteiger partial charge in [0, 0.05) is 13.0 Å². The van der Waals surface area contributed by atoms with Crippen molar-refractivity contribution in [1.82, 2.24) is 10.2 Å². The van der Waals surface area contributed by atoms with Crippen LogP contribution < -0.4 is 5.32 Å². The number of nitrogens with one attached hydrogen (secondary N) is 1. The molecule has 0 aromatic rings. The SMILES string of the molecule is C#CCCCNC(=O)N(CC(=O)O)CC(=O)O. The first kappa shape index (κ1) is 14.8. The van der Waals surface area contributed by atoms with Crippen molar-refractivity contribution in [3.63, 3.8) is 0 Å². The lowest BCUT2D eigenvalue weighted by molar-refractivity contribution is -0.140. The van der Waals surface area contributed by atoms with Crippen LogP contribution in [0.5, 0.6) is 0 Å². The van der Waals surface area contributed by atoms with Gasteiger partial charge in [-0.15, -0.1) is 12.3 Å². The van der Waals surface area contributed by atoms with Gasteiger partial charge in [0.2, 0.25) is 0 Å². The van der Waals surface area contributed by atoms with E-state index < -0.39 is 31.1 Å². The average Bonchev–Trinajstić information content (AvgIpc) is 2.22. The van der Waals surface area contributed by atoms with Gasteiger partial charge in [0.05, 0.1) is 0 Å². The molecule has 0 saturated carbocycles. The fraction of sp³-hybridized carbons (Fsp3) is 0.500. The van der Waals surface area contributed by atoms with Gasteiger partial charge in [-0.1, -0.05) is 0 Å². The molecule has 0 bridgehead atoms. The summed E-state index contributed by atoms with van der Waals surface area (Å²) in [6, 6.07) is -0.730. The van der Waals surface area contributed by atoms with E-state index in [1.54, 1.807) is 0 Å². The molecule has 0 aromatic carbocycles. The highest BCUT2D eigenvalue weighted by atomic mass is 16.4. The van der Waals surface area contributed by atoms with E-state index in [0.29, 0.717) is 17.7 Å². The Hall–Kier alpha value is -2.23. The molecule has 94 valence electrons. The Morgan fingerprint density at radius 3 is 2.12 bits per heavy atom. The van der Waals surface area contributed by atoms with Crippen molar-refractivity contribution in [1.29, 1.82) is 0 Å². The van der Waals surface area contributed by atoms with Crippen molar-refractivity contribution in [3.05, 3.63) is 0 Å². The predicted octanol–water partition coefficient (Wildman–Crippen LogP) is -0.419. The molecule has 0 atom stereocenters. The third-order valence-electron chi connectivity index (χ3n) is 1.71. The number of aliphatic carboxylic acids is 2. The minimum Gasteiger partial charge on any atom is -0.480 e. The van der Waals surface area contributed by atoms with Crippen LogP contribution in [0.25, 0.3) is 0 Å². The molecule has 0 spiro atoms. The van der Waals surface area contributed by atoms with Crippen LogP contribution in [-0.4, -0.2) is 52.7 Å². The van der Waals surface area contributed by atoms with E-state index in [9.17, 15) is 14.4 Å². The molecule has 0 aromatic heterocycles. The monoisotopic (exact) mass is 242 g/mol. The Morgan fingerprint density at radius 2 is 1.71 bits per heavy atom. The Kier molecular flexibility index (Phi) is 6.94. The molecule has 17 heavy (non-hydrogen) atoms. The van der Waals surface area contributed by atoms with Crippen molar-refractivity contribution in [2.75, 3.05) is 19.6 Å². The number of terminal acetylenes is 1. The third kappa shape index (κ3) is 7.67. The van der Waals surface area contributed by atoms with E-state index in [1.165, 1.54) is 0 Å². The molecule has 0 heterocycles. The highest BCUT2D eigenvalue weighted by Crippen LogP contribution is 1.91. The second-order valence-electron chi connectivity index (χ2n) is 3.18. The van der Waals surface area contributed by atoms with Gasteiger partial charge in [-0.25, -0.2) is 4.79 Å². The second kappa shape index (κ2) is 7.98. The zero-order valence-electron chi connectivity index (χ0n) is 9.18. The average molecular weight is 242 g/mol. The van der Waals surface area contributed by atoms with Gasteiger partial charge in [0.25, 0.3) is 0 Å². The normalized spacial score (nSPS) is 9.12. The van der Waals surface area contributed by atoms with Gasteiger partial charge in [-0.05, 0) is 6.42 Å². The second-order valence-corrected chi connectivity index (χ2v) is 3.18. The summed E-state index contributed by atoms with van der Waals surface area (Å²) >= 11 is 0. The minimum absolute atomic E-state index is 0.277. The third-order valence-corrected chi connectivity index (χ3v) is 1.71. The lowest BCUT2D eigenvalue weighted by Gasteiger charge is -2.18. The lowest BCUT2D eigenvalue weighted by atomic mass is 10.3. The summed E-state index contributed by atoms with van der Waals surface area (Å²) in [4.78, 5) is 33.0. The largest absolute Gasteiger partial charge is 0.480 e. The van der Waals surface area contributed by atoms with E-state index in [-0.39, 0.29) is 6.54 Å². The van der Waals surface area contributed by atoms with E-state index in [1.807, 2.05) is 0 Å². The van der Waals surface area contributed by atoms with E-state index in [0.717, 1.165) is 0 Å². The topological polar surface area (TPSA) is 107 Å². The maximum Gasteiger partial charge on any atom is 0.323 e. The fourth-order valence-corrected chi connectivity index (χ4v) is 1.02. The van der Waals surface area contributed by atoms with Crippen molar-refractivity contribution < 1.29 is 24.6 Å². The summed E-state index contributed by atoms with van der Waals surface area (Å²) in [6.07, 6.45) is 6.04. The number of hydrogen-bond acceptors (Lipinski definition) is 3. The maximum atomic E-state index is 11.4. The zero-order valence-corrected chi connectivity index (χ0v) is 9.18. The number of carboxylic acids is 2. The Balaban J connectivity index is 4.18. The van der Waals surface area contributed by atoms with Crippen LogP contribution in [0.4, 0.5) is 4.79 Å². The van der Waals surface area contributed by atoms with Crippen LogP contribution in [0.1, 0.15) is 12.8 Å². The van der Waals surface area contributed by atoms with Crippen molar-refractivity contribution in [2.24, 2.45) is 0 Å². The molecule has 0 aliphatic rings. The molecule has 3 N–H and O–H groups in total. The smallest absolute Gasteiger partial charge is 0.323 e. The quantitative estimate of drug-likeness (QED) is 0.415. The van der Waals surface area contributed by atoms with Gasteiger partial charge in [-0.3, -0.25) is 9.59 Å². The van der Waals surface area contributed by atoms with E-state index >= 15 is 0 Å². The summed E-state index contributed by atoms with van der Waals surface area (Å²) < 4.78 is 0. The Bertz CT molecular complexity index is 318. The predicted molar refractivity (Wildman–Crippen MR) is 58.3 cm³/mol. The highest BCUT2D eigenvalue weighted by molar-refractivity contribution is 5.84. The number of carboxylic acid groups (broad SMARTS) is 2. The number of urea groups is 1. The first-order valence-electron chi connectivity index (χ1n) is 4.87. The van der Waals surface area contributed by atoms with Crippen molar-refractivity contribution in [3.8, 4) is 12.3 Å². The first-order valence-corrected chi connectivity index (χ1v) is 4.87. The van der Waals surface area contributed by atoms with Gasteiger partial charge < -0.3 is 20.4 Å². The highest BCUT2D eigenvalue weighted by Gasteiger charge is 2.18. The molecule has 7 nitrogen and oxygen atoms in total. The molecular weight excluding hydrogens is 228 g/mol. The van der Waals surface area contributed by atoms with Crippen LogP contribution >= 0.6 is 0 Å². The van der Waals surface area contributed by atoms with Gasteiger partial charge in [-0.2, -0.15) is 0 Å². The minimum atomic E-state index is -1.27. The van der Waals surface area contributed by atoms with Crippen molar-refractivity contribution >= 4 is 18.0 Å². The van der Waals surface area contributed by atoms with E-state index in [4.69, 9.17) is 16.6 Å². The van der Waals surface area contributed by atoms with Gasteiger partial charge in [0.15, 0.2) is 0 Å². The van der Waals surface area contributed by atoms with E-state index in [2.05, 4.69) is 11.2 Å². The maximum absolute atomic E-state index is 11.4.